The third-order valence-corrected chi connectivity index (χ3v) is 3.36. The topological polar surface area (TPSA) is 55.4 Å². The van der Waals surface area contributed by atoms with Gasteiger partial charge in [0.15, 0.2) is 0 Å². The van der Waals surface area contributed by atoms with Gasteiger partial charge in [-0.3, -0.25) is 4.79 Å². The number of amides is 1. The number of benzene rings is 2. The van der Waals surface area contributed by atoms with E-state index in [-0.39, 0.29) is 18.9 Å². The minimum Gasteiger partial charge on any atom is -0.425 e. The number of carbonyl (C=O) groups is 2. The molecule has 0 saturated heterocycles. The Morgan fingerprint density at radius 2 is 1.59 bits per heavy atom. The summed E-state index contributed by atoms with van der Waals surface area (Å²) >= 11 is 0. The molecule has 0 atom stereocenters. The summed E-state index contributed by atoms with van der Waals surface area (Å²) in [7, 11) is 0. The van der Waals surface area contributed by atoms with Crippen LogP contribution in [0.1, 0.15) is 16.7 Å². The minimum absolute atomic E-state index is 0.140. The maximum atomic E-state index is 11.9. The van der Waals surface area contributed by atoms with Gasteiger partial charge < -0.3 is 10.1 Å². The van der Waals surface area contributed by atoms with E-state index in [1.807, 2.05) is 50.2 Å². The number of nitrogens with one attached hydrogen (secondary N) is 1. The zero-order valence-corrected chi connectivity index (χ0v) is 12.8. The highest BCUT2D eigenvalue weighted by Gasteiger charge is 2.10. The molecule has 22 heavy (non-hydrogen) atoms. The summed E-state index contributed by atoms with van der Waals surface area (Å²) in [6.45, 7) is 3.67. The molecule has 0 saturated carbocycles. The zero-order valence-electron chi connectivity index (χ0n) is 12.8. The Hall–Kier alpha value is -2.62. The Balaban J connectivity index is 1.82. The zero-order chi connectivity index (χ0) is 15.9. The first kappa shape index (κ1) is 15.8. The lowest BCUT2D eigenvalue weighted by atomic mass is 10.1. The van der Waals surface area contributed by atoms with Crippen LogP contribution in [0.5, 0.6) is 5.75 Å². The fourth-order valence-corrected chi connectivity index (χ4v) is 2.04. The van der Waals surface area contributed by atoms with Crippen molar-refractivity contribution in [1.82, 2.24) is 5.32 Å². The molecule has 0 aliphatic rings. The molecule has 0 heterocycles. The van der Waals surface area contributed by atoms with Crippen molar-refractivity contribution >= 4 is 11.9 Å². The summed E-state index contributed by atoms with van der Waals surface area (Å²) in [5.41, 5.74) is 2.88. The maximum Gasteiger partial charge on any atom is 0.330 e. The lowest BCUT2D eigenvalue weighted by molar-refractivity contribution is -0.135. The van der Waals surface area contributed by atoms with Crippen LogP contribution in [0.2, 0.25) is 0 Å². The van der Waals surface area contributed by atoms with E-state index in [1.54, 1.807) is 12.1 Å². The molecule has 0 aliphatic heterocycles. The van der Waals surface area contributed by atoms with Crippen LogP contribution < -0.4 is 10.1 Å². The van der Waals surface area contributed by atoms with E-state index in [9.17, 15) is 9.59 Å². The minimum atomic E-state index is -0.479. The Kier molecular flexibility index (Phi) is 5.31. The number of hydrogen-bond acceptors (Lipinski definition) is 3. The summed E-state index contributed by atoms with van der Waals surface area (Å²) in [5, 5.41) is 2.58. The molecule has 0 bridgehead atoms. The van der Waals surface area contributed by atoms with E-state index < -0.39 is 5.97 Å². The summed E-state index contributed by atoms with van der Waals surface area (Å²) in [6, 6.07) is 14.9. The van der Waals surface area contributed by atoms with Gasteiger partial charge in [-0.15, -0.1) is 0 Å². The van der Waals surface area contributed by atoms with Crippen LogP contribution in [0, 0.1) is 13.8 Å². The molecule has 0 fully saturated rings. The second-order valence-electron chi connectivity index (χ2n) is 5.12. The molecule has 0 aliphatic carbocycles. The molecule has 1 N–H and O–H groups in total. The molecule has 2 rings (SSSR count). The molecule has 0 unspecified atom stereocenters. The van der Waals surface area contributed by atoms with E-state index in [4.69, 9.17) is 4.74 Å². The molecule has 1 amide bonds. The SMILES string of the molecule is Cc1ccccc1CC(=O)NCC(=O)Oc1ccccc1C. The van der Waals surface area contributed by atoms with E-state index >= 15 is 0 Å². The quantitative estimate of drug-likeness (QED) is 0.681. The number of esters is 1. The third kappa shape index (κ3) is 4.45. The molecular formula is C18H19NO3. The van der Waals surface area contributed by atoms with Gasteiger partial charge in [0.05, 0.1) is 6.42 Å². The average molecular weight is 297 g/mol. The number of para-hydroxylation sites is 1. The average Bonchev–Trinajstić information content (AvgIpc) is 2.50. The van der Waals surface area contributed by atoms with Crippen LogP contribution in [-0.4, -0.2) is 18.4 Å². The second-order valence-corrected chi connectivity index (χ2v) is 5.12. The molecule has 114 valence electrons. The lowest BCUT2D eigenvalue weighted by Crippen LogP contribution is -2.33. The number of hydrogen-bond donors (Lipinski definition) is 1. The summed E-state index contributed by atoms with van der Waals surface area (Å²) < 4.78 is 5.22. The molecule has 4 nitrogen and oxygen atoms in total. The maximum absolute atomic E-state index is 11.9. The molecule has 2 aromatic rings. The number of carbonyl (C=O) groups excluding carboxylic acids is 2. The predicted octanol–water partition coefficient (Wildman–Crippen LogP) is 2.57. The fraction of sp³-hybridized carbons (Fsp3) is 0.222. The smallest absolute Gasteiger partial charge is 0.330 e. The van der Waals surface area contributed by atoms with E-state index in [0.29, 0.717) is 5.75 Å². The highest BCUT2D eigenvalue weighted by atomic mass is 16.5. The van der Waals surface area contributed by atoms with Crippen molar-refractivity contribution in [3.8, 4) is 5.75 Å². The van der Waals surface area contributed by atoms with Crippen molar-refractivity contribution in [3.63, 3.8) is 0 Å². The third-order valence-electron chi connectivity index (χ3n) is 3.36. The van der Waals surface area contributed by atoms with Crippen LogP contribution in [0.15, 0.2) is 48.5 Å². The van der Waals surface area contributed by atoms with Crippen molar-refractivity contribution < 1.29 is 14.3 Å². The summed E-state index contributed by atoms with van der Waals surface area (Å²) in [5.74, 6) is -0.163. The van der Waals surface area contributed by atoms with Crippen molar-refractivity contribution in [2.75, 3.05) is 6.54 Å². The highest BCUT2D eigenvalue weighted by Crippen LogP contribution is 2.16. The Bertz CT molecular complexity index is 620. The van der Waals surface area contributed by atoms with Gasteiger partial charge in [-0.05, 0) is 36.6 Å². The van der Waals surface area contributed by atoms with Gasteiger partial charge in [0, 0.05) is 0 Å². The van der Waals surface area contributed by atoms with Crippen LogP contribution in [-0.2, 0) is 16.0 Å². The number of ether oxygens (including phenoxy) is 1. The highest BCUT2D eigenvalue weighted by molar-refractivity contribution is 5.84. The molecule has 0 radical (unpaired) electrons. The Morgan fingerprint density at radius 3 is 2.27 bits per heavy atom. The van der Waals surface area contributed by atoms with Gasteiger partial charge in [-0.25, -0.2) is 4.79 Å². The van der Waals surface area contributed by atoms with E-state index in [0.717, 1.165) is 16.7 Å². The molecule has 0 aromatic heterocycles. The normalized spacial score (nSPS) is 10.1. The molecular weight excluding hydrogens is 278 g/mol. The Labute approximate surface area is 130 Å². The monoisotopic (exact) mass is 297 g/mol. The summed E-state index contributed by atoms with van der Waals surface area (Å²) in [4.78, 5) is 23.6. The van der Waals surface area contributed by atoms with Gasteiger partial charge in [0.25, 0.3) is 0 Å². The first-order valence-corrected chi connectivity index (χ1v) is 7.14. The van der Waals surface area contributed by atoms with Gasteiger partial charge in [-0.1, -0.05) is 42.5 Å². The number of rotatable bonds is 5. The van der Waals surface area contributed by atoms with Crippen LogP contribution >= 0.6 is 0 Å². The summed E-state index contributed by atoms with van der Waals surface area (Å²) in [6.07, 6.45) is 0.254. The van der Waals surface area contributed by atoms with Gasteiger partial charge in [0.1, 0.15) is 12.3 Å². The fourth-order valence-electron chi connectivity index (χ4n) is 2.04. The van der Waals surface area contributed by atoms with Crippen LogP contribution in [0.3, 0.4) is 0 Å². The number of aryl methyl sites for hydroxylation is 2. The second kappa shape index (κ2) is 7.41. The van der Waals surface area contributed by atoms with E-state index in [1.165, 1.54) is 0 Å². The first-order chi connectivity index (χ1) is 10.6. The van der Waals surface area contributed by atoms with E-state index in [2.05, 4.69) is 5.32 Å². The van der Waals surface area contributed by atoms with Crippen molar-refractivity contribution in [2.45, 2.75) is 20.3 Å². The van der Waals surface area contributed by atoms with Crippen molar-refractivity contribution in [1.29, 1.82) is 0 Å². The largest absolute Gasteiger partial charge is 0.425 e. The first-order valence-electron chi connectivity index (χ1n) is 7.14. The molecule has 2 aromatic carbocycles. The van der Waals surface area contributed by atoms with Crippen molar-refractivity contribution in [2.24, 2.45) is 0 Å². The van der Waals surface area contributed by atoms with Crippen molar-refractivity contribution in [3.05, 3.63) is 65.2 Å². The predicted molar refractivity (Wildman–Crippen MR) is 84.7 cm³/mol. The van der Waals surface area contributed by atoms with Gasteiger partial charge in [0.2, 0.25) is 5.91 Å². The molecule has 0 spiro atoms. The van der Waals surface area contributed by atoms with Gasteiger partial charge >= 0.3 is 5.97 Å². The van der Waals surface area contributed by atoms with Crippen LogP contribution in [0.25, 0.3) is 0 Å². The Morgan fingerprint density at radius 1 is 0.955 bits per heavy atom. The van der Waals surface area contributed by atoms with Crippen LogP contribution in [0.4, 0.5) is 0 Å². The molecule has 4 heteroatoms. The van der Waals surface area contributed by atoms with Gasteiger partial charge in [-0.2, -0.15) is 0 Å². The standard InChI is InChI=1S/C18H19NO3/c1-13-7-3-5-9-15(13)11-17(20)19-12-18(21)22-16-10-6-4-8-14(16)2/h3-10H,11-12H2,1-2H3,(H,19,20). The lowest BCUT2D eigenvalue weighted by Gasteiger charge is -2.09.